The van der Waals surface area contributed by atoms with Crippen LogP contribution in [-0.2, 0) is 21.2 Å². The molecule has 0 radical (unpaired) electrons. The smallest absolute Gasteiger partial charge is 0.220 e. The van der Waals surface area contributed by atoms with E-state index < -0.39 is 15.7 Å². The number of para-hydroxylation sites is 1. The topological polar surface area (TPSA) is 103 Å². The molecule has 2 heterocycles. The van der Waals surface area contributed by atoms with Crippen LogP contribution < -0.4 is 10.5 Å². The van der Waals surface area contributed by atoms with E-state index in [1.165, 1.54) is 0 Å². The van der Waals surface area contributed by atoms with Crippen molar-refractivity contribution >= 4 is 26.6 Å². The van der Waals surface area contributed by atoms with Gasteiger partial charge in [-0.15, -0.1) is 6.42 Å². The highest BCUT2D eigenvalue weighted by atomic mass is 32.2. The molecule has 2 atom stereocenters. The number of carbonyl (C=O) groups excluding carboxylic acids is 1. The van der Waals surface area contributed by atoms with Crippen LogP contribution in [0.4, 0.5) is 0 Å². The first-order valence-corrected chi connectivity index (χ1v) is 13.2. The van der Waals surface area contributed by atoms with Crippen LogP contribution in [0, 0.1) is 25.2 Å². The van der Waals surface area contributed by atoms with Crippen molar-refractivity contribution < 1.29 is 17.9 Å². The summed E-state index contributed by atoms with van der Waals surface area (Å²) in [6.45, 7) is 3.17. The number of hydrogen-bond donors (Lipinski definition) is 1. The third-order valence-electron chi connectivity index (χ3n) is 6.45. The summed E-state index contributed by atoms with van der Waals surface area (Å²) in [6, 6.07) is 16.0. The molecule has 1 saturated heterocycles. The van der Waals surface area contributed by atoms with Gasteiger partial charge in [-0.1, -0.05) is 24.1 Å². The summed E-state index contributed by atoms with van der Waals surface area (Å²) < 4.78 is 32.3. The second-order valence-electron chi connectivity index (χ2n) is 8.93. The van der Waals surface area contributed by atoms with Gasteiger partial charge in [0.15, 0.2) is 9.84 Å². The van der Waals surface area contributed by atoms with Crippen molar-refractivity contribution in [2.75, 3.05) is 18.8 Å². The van der Waals surface area contributed by atoms with E-state index in [9.17, 15) is 13.2 Å². The molecule has 7 nitrogen and oxygen atoms in total. The molecule has 35 heavy (non-hydrogen) atoms. The molecule has 2 aromatic carbocycles. The van der Waals surface area contributed by atoms with Crippen LogP contribution in [0.15, 0.2) is 59.5 Å². The number of nitrogens with two attached hydrogens (primary N) is 1. The Morgan fingerprint density at radius 3 is 2.69 bits per heavy atom. The van der Waals surface area contributed by atoms with Crippen molar-refractivity contribution in [1.29, 1.82) is 0 Å². The van der Waals surface area contributed by atoms with Gasteiger partial charge in [-0.2, -0.15) is 0 Å². The van der Waals surface area contributed by atoms with Crippen LogP contribution >= 0.6 is 0 Å². The van der Waals surface area contributed by atoms with Gasteiger partial charge in [0.2, 0.25) is 5.91 Å². The van der Waals surface area contributed by atoms with Crippen LogP contribution in [0.1, 0.15) is 24.1 Å². The molecule has 0 aliphatic carbocycles. The molecule has 1 aromatic heterocycles. The molecule has 0 bridgehead atoms. The third kappa shape index (κ3) is 5.81. The third-order valence-corrected chi connectivity index (χ3v) is 8.27. The van der Waals surface area contributed by atoms with Crippen molar-refractivity contribution in [3.63, 3.8) is 0 Å². The first-order chi connectivity index (χ1) is 16.8. The second kappa shape index (κ2) is 10.5. The highest BCUT2D eigenvalue weighted by Gasteiger charge is 2.34. The average molecular weight is 492 g/mol. The number of amides is 1. The predicted molar refractivity (Wildman–Crippen MR) is 135 cm³/mol. The number of hydrogen-bond acceptors (Lipinski definition) is 6. The van der Waals surface area contributed by atoms with Gasteiger partial charge in [-0.25, -0.2) is 8.42 Å². The van der Waals surface area contributed by atoms with E-state index in [1.54, 1.807) is 24.3 Å². The summed E-state index contributed by atoms with van der Waals surface area (Å²) in [7, 11) is -3.60. The Hall–Kier alpha value is -3.41. The number of carbonyl (C=O) groups is 1. The number of ether oxygens (including phenoxy) is 1. The number of pyridine rings is 1. The lowest BCUT2D eigenvalue weighted by Crippen LogP contribution is -2.48. The summed E-state index contributed by atoms with van der Waals surface area (Å²) in [4.78, 5) is 18.4. The van der Waals surface area contributed by atoms with Gasteiger partial charge in [-0.05, 0) is 56.2 Å². The lowest BCUT2D eigenvalue weighted by molar-refractivity contribution is -0.123. The number of likely N-dealkylation sites (tertiary alicyclic amines) is 1. The Morgan fingerprint density at radius 1 is 1.23 bits per heavy atom. The second-order valence-corrected chi connectivity index (χ2v) is 11.0. The largest absolute Gasteiger partial charge is 0.489 e. The molecule has 182 valence electrons. The summed E-state index contributed by atoms with van der Waals surface area (Å²) in [5.74, 6) is 2.29. The number of primary amides is 1. The summed E-state index contributed by atoms with van der Waals surface area (Å²) >= 11 is 0. The zero-order chi connectivity index (χ0) is 25.0. The summed E-state index contributed by atoms with van der Waals surface area (Å²) in [5.41, 5.74) is 8.32. The molecule has 0 spiro atoms. The zero-order valence-corrected chi connectivity index (χ0v) is 20.5. The monoisotopic (exact) mass is 491 g/mol. The van der Waals surface area contributed by atoms with Gasteiger partial charge >= 0.3 is 0 Å². The number of fused-ring (bicyclic) bond motifs is 1. The van der Waals surface area contributed by atoms with Crippen molar-refractivity contribution in [1.82, 2.24) is 9.88 Å². The molecule has 1 aliphatic heterocycles. The van der Waals surface area contributed by atoms with E-state index in [0.717, 1.165) is 22.2 Å². The first-order valence-electron chi connectivity index (χ1n) is 11.5. The fourth-order valence-corrected chi connectivity index (χ4v) is 6.22. The van der Waals surface area contributed by atoms with Crippen LogP contribution in [0.3, 0.4) is 0 Å². The molecule has 1 amide bonds. The first kappa shape index (κ1) is 24.7. The van der Waals surface area contributed by atoms with Gasteiger partial charge in [0.1, 0.15) is 12.4 Å². The molecule has 0 saturated carbocycles. The van der Waals surface area contributed by atoms with Crippen molar-refractivity contribution in [3.8, 4) is 18.1 Å². The minimum absolute atomic E-state index is 0.124. The lowest BCUT2D eigenvalue weighted by atomic mass is 9.91. The average Bonchev–Trinajstić information content (AvgIpc) is 2.83. The van der Waals surface area contributed by atoms with Gasteiger partial charge in [0.25, 0.3) is 0 Å². The number of piperidine rings is 1. The van der Waals surface area contributed by atoms with Crippen LogP contribution in [0.5, 0.6) is 5.75 Å². The van der Waals surface area contributed by atoms with Crippen molar-refractivity contribution in [3.05, 3.63) is 65.9 Å². The maximum atomic E-state index is 13.2. The predicted octanol–water partition coefficient (Wildman–Crippen LogP) is 3.10. The lowest BCUT2D eigenvalue weighted by Gasteiger charge is -2.37. The van der Waals surface area contributed by atoms with E-state index >= 15 is 0 Å². The van der Waals surface area contributed by atoms with E-state index in [4.69, 9.17) is 16.9 Å². The number of benzene rings is 2. The summed E-state index contributed by atoms with van der Waals surface area (Å²) in [5, 5.41) is 1.02. The number of terminal acetylenes is 1. The number of aryl methyl sites for hydroxylation is 1. The Labute approximate surface area is 206 Å². The molecular weight excluding hydrogens is 462 g/mol. The number of aromatic nitrogens is 1. The maximum absolute atomic E-state index is 13.2. The maximum Gasteiger partial charge on any atom is 0.220 e. The SMILES string of the molecule is C#CCN1CCC(C(N)=O)CC1CS(=O)(=O)c1ccc(OCc2cc(C)nc3ccccc23)cc1. The molecule has 4 rings (SSSR count). The van der Waals surface area contributed by atoms with E-state index in [0.29, 0.717) is 38.3 Å². The van der Waals surface area contributed by atoms with Gasteiger partial charge in [-0.3, -0.25) is 14.7 Å². The highest BCUT2D eigenvalue weighted by Crippen LogP contribution is 2.27. The highest BCUT2D eigenvalue weighted by molar-refractivity contribution is 7.91. The fourth-order valence-electron chi connectivity index (χ4n) is 4.62. The molecule has 3 aromatic rings. The molecular formula is C27H29N3O4S. The Morgan fingerprint density at radius 2 is 1.97 bits per heavy atom. The summed E-state index contributed by atoms with van der Waals surface area (Å²) in [6.07, 6.45) is 6.44. The standard InChI is InChI=1S/C27H29N3O4S/c1-3-13-30-14-12-20(27(28)31)16-22(30)18-35(32,33)24-10-8-23(9-11-24)34-17-21-15-19(2)29-26-7-5-4-6-25(21)26/h1,4-11,15,20,22H,12-14,16-18H2,2H3,(H2,28,31). The quantitative estimate of drug-likeness (QED) is 0.486. The molecule has 2 unspecified atom stereocenters. The van der Waals surface area contributed by atoms with E-state index in [2.05, 4.69) is 10.9 Å². The van der Waals surface area contributed by atoms with Gasteiger partial charge < -0.3 is 10.5 Å². The molecule has 8 heteroatoms. The van der Waals surface area contributed by atoms with Crippen molar-refractivity contribution in [2.24, 2.45) is 11.7 Å². The van der Waals surface area contributed by atoms with E-state index in [1.807, 2.05) is 42.2 Å². The molecule has 1 aliphatic rings. The number of rotatable bonds is 8. The van der Waals surface area contributed by atoms with Crippen LogP contribution in [0.2, 0.25) is 0 Å². The zero-order valence-electron chi connectivity index (χ0n) is 19.7. The van der Waals surface area contributed by atoms with Gasteiger partial charge in [0, 0.05) is 35.1 Å². The van der Waals surface area contributed by atoms with E-state index in [-0.39, 0.29) is 22.6 Å². The molecule has 2 N–H and O–H groups in total. The van der Waals surface area contributed by atoms with Crippen LogP contribution in [-0.4, -0.2) is 49.1 Å². The molecule has 1 fully saturated rings. The minimum atomic E-state index is -3.60. The van der Waals surface area contributed by atoms with Crippen LogP contribution in [0.25, 0.3) is 10.9 Å². The Bertz CT molecular complexity index is 1360. The van der Waals surface area contributed by atoms with Crippen molar-refractivity contribution in [2.45, 2.75) is 37.3 Å². The number of nitrogens with zero attached hydrogens (tertiary/aromatic N) is 2. The van der Waals surface area contributed by atoms with Gasteiger partial charge in [0.05, 0.1) is 22.7 Å². The normalized spacial score (nSPS) is 18.7. The Balaban J connectivity index is 1.46. The fraction of sp³-hybridized carbons (Fsp3) is 0.333. The minimum Gasteiger partial charge on any atom is -0.489 e. The number of sulfone groups is 1. The Kier molecular flexibility index (Phi) is 7.39.